The summed E-state index contributed by atoms with van der Waals surface area (Å²) in [4.78, 5) is 11.0. The number of carbonyl (C=O) groups excluding carboxylic acids is 1. The Morgan fingerprint density at radius 1 is 1.41 bits per heavy atom. The number of amides is 1. The predicted molar refractivity (Wildman–Crippen MR) is 64.8 cm³/mol. The van der Waals surface area contributed by atoms with E-state index in [-0.39, 0.29) is 5.91 Å². The van der Waals surface area contributed by atoms with Gasteiger partial charge in [0.15, 0.2) is 0 Å². The monoisotopic (exact) mass is 232 g/mol. The fraction of sp³-hybridized carbons (Fsp3) is 0.385. The molecule has 0 aliphatic heterocycles. The molecule has 1 amide bonds. The molecular weight excluding hydrogens is 216 g/mol. The first-order valence-electron chi connectivity index (χ1n) is 5.43. The second-order valence-corrected chi connectivity index (χ2v) is 3.82. The van der Waals surface area contributed by atoms with Gasteiger partial charge in [-0.25, -0.2) is 0 Å². The van der Waals surface area contributed by atoms with Crippen LogP contribution in [0.4, 0.5) is 0 Å². The molecule has 4 heteroatoms. The molecule has 0 unspecified atom stereocenters. The van der Waals surface area contributed by atoms with E-state index < -0.39 is 0 Å². The third-order valence-corrected chi connectivity index (χ3v) is 2.44. The van der Waals surface area contributed by atoms with E-state index in [2.05, 4.69) is 11.4 Å². The summed E-state index contributed by atoms with van der Waals surface area (Å²) in [6.45, 7) is 4.12. The SMILES string of the molecule is CNC(=O)CCOc1c(C)cc(C#N)cc1C. The van der Waals surface area contributed by atoms with Gasteiger partial charge in [-0.05, 0) is 37.1 Å². The molecule has 0 saturated carbocycles. The van der Waals surface area contributed by atoms with Gasteiger partial charge in [-0.2, -0.15) is 5.26 Å². The minimum atomic E-state index is -0.0473. The van der Waals surface area contributed by atoms with Crippen molar-refractivity contribution < 1.29 is 9.53 Å². The van der Waals surface area contributed by atoms with Crippen LogP contribution in [-0.4, -0.2) is 19.6 Å². The van der Waals surface area contributed by atoms with Crippen LogP contribution in [0.25, 0.3) is 0 Å². The number of nitriles is 1. The summed E-state index contributed by atoms with van der Waals surface area (Å²) >= 11 is 0. The van der Waals surface area contributed by atoms with Crippen LogP contribution in [0.3, 0.4) is 0 Å². The molecule has 0 saturated heterocycles. The second kappa shape index (κ2) is 5.90. The van der Waals surface area contributed by atoms with E-state index in [1.807, 2.05) is 13.8 Å². The van der Waals surface area contributed by atoms with Crippen LogP contribution in [0.2, 0.25) is 0 Å². The molecule has 17 heavy (non-hydrogen) atoms. The fourth-order valence-corrected chi connectivity index (χ4v) is 1.61. The summed E-state index contributed by atoms with van der Waals surface area (Å²) in [6, 6.07) is 5.66. The van der Waals surface area contributed by atoms with Gasteiger partial charge in [0.25, 0.3) is 0 Å². The zero-order valence-electron chi connectivity index (χ0n) is 10.3. The summed E-state index contributed by atoms with van der Waals surface area (Å²) in [7, 11) is 1.60. The average molecular weight is 232 g/mol. The highest BCUT2D eigenvalue weighted by atomic mass is 16.5. The van der Waals surface area contributed by atoms with Crippen LogP contribution in [-0.2, 0) is 4.79 Å². The number of benzene rings is 1. The Morgan fingerprint density at radius 3 is 2.47 bits per heavy atom. The number of hydrogen-bond donors (Lipinski definition) is 1. The largest absolute Gasteiger partial charge is 0.493 e. The number of carbonyl (C=O) groups is 1. The van der Waals surface area contributed by atoms with Crippen molar-refractivity contribution in [2.45, 2.75) is 20.3 Å². The van der Waals surface area contributed by atoms with E-state index in [4.69, 9.17) is 10.00 Å². The Hall–Kier alpha value is -2.02. The van der Waals surface area contributed by atoms with Crippen LogP contribution in [0, 0.1) is 25.2 Å². The summed E-state index contributed by atoms with van der Waals surface area (Å²) < 4.78 is 5.57. The maximum absolute atomic E-state index is 11.0. The number of nitrogens with zero attached hydrogens (tertiary/aromatic N) is 1. The third-order valence-electron chi connectivity index (χ3n) is 2.44. The highest BCUT2D eigenvalue weighted by Crippen LogP contribution is 2.24. The van der Waals surface area contributed by atoms with Gasteiger partial charge in [0, 0.05) is 7.05 Å². The number of hydrogen-bond acceptors (Lipinski definition) is 3. The van der Waals surface area contributed by atoms with E-state index >= 15 is 0 Å². The van der Waals surface area contributed by atoms with Gasteiger partial charge in [-0.1, -0.05) is 0 Å². The number of ether oxygens (including phenoxy) is 1. The molecule has 0 atom stereocenters. The van der Waals surface area contributed by atoms with Gasteiger partial charge >= 0.3 is 0 Å². The van der Waals surface area contributed by atoms with Crippen molar-refractivity contribution in [2.24, 2.45) is 0 Å². The summed E-state index contributed by atoms with van der Waals surface area (Å²) in [6.07, 6.45) is 0.329. The van der Waals surface area contributed by atoms with E-state index in [0.717, 1.165) is 16.9 Å². The Morgan fingerprint density at radius 2 is 2.00 bits per heavy atom. The molecule has 0 aliphatic rings. The van der Waals surface area contributed by atoms with Gasteiger partial charge < -0.3 is 10.1 Å². The zero-order chi connectivity index (χ0) is 12.8. The van der Waals surface area contributed by atoms with Crippen molar-refractivity contribution in [3.8, 4) is 11.8 Å². The quantitative estimate of drug-likeness (QED) is 0.859. The topological polar surface area (TPSA) is 62.1 Å². The molecule has 90 valence electrons. The first-order chi connectivity index (χ1) is 8.08. The fourth-order valence-electron chi connectivity index (χ4n) is 1.61. The third kappa shape index (κ3) is 3.49. The lowest BCUT2D eigenvalue weighted by atomic mass is 10.1. The van der Waals surface area contributed by atoms with Crippen LogP contribution >= 0.6 is 0 Å². The van der Waals surface area contributed by atoms with Crippen LogP contribution in [0.1, 0.15) is 23.1 Å². The maximum atomic E-state index is 11.0. The Kier molecular flexibility index (Phi) is 4.53. The molecule has 0 aliphatic carbocycles. The smallest absolute Gasteiger partial charge is 0.223 e. The van der Waals surface area contributed by atoms with E-state index in [0.29, 0.717) is 18.6 Å². The van der Waals surface area contributed by atoms with Crippen LogP contribution in [0.15, 0.2) is 12.1 Å². The molecule has 1 rings (SSSR count). The van der Waals surface area contributed by atoms with Crippen molar-refractivity contribution in [3.63, 3.8) is 0 Å². The molecule has 0 heterocycles. The molecule has 0 bridgehead atoms. The van der Waals surface area contributed by atoms with E-state index in [9.17, 15) is 4.79 Å². The molecular formula is C13H16N2O2. The Balaban J connectivity index is 2.72. The molecule has 0 aromatic heterocycles. The maximum Gasteiger partial charge on any atom is 0.223 e. The second-order valence-electron chi connectivity index (χ2n) is 3.82. The molecule has 0 radical (unpaired) electrons. The van der Waals surface area contributed by atoms with Crippen LogP contribution < -0.4 is 10.1 Å². The van der Waals surface area contributed by atoms with Gasteiger partial charge in [-0.15, -0.1) is 0 Å². The van der Waals surface area contributed by atoms with Crippen molar-refractivity contribution in [1.29, 1.82) is 5.26 Å². The highest BCUT2D eigenvalue weighted by Gasteiger charge is 2.07. The number of rotatable bonds is 4. The molecule has 0 fully saturated rings. The lowest BCUT2D eigenvalue weighted by Crippen LogP contribution is -2.20. The van der Waals surface area contributed by atoms with Gasteiger partial charge in [0.05, 0.1) is 24.7 Å². The lowest BCUT2D eigenvalue weighted by molar-refractivity contribution is -0.121. The Labute approximate surface area is 101 Å². The van der Waals surface area contributed by atoms with Crippen molar-refractivity contribution in [2.75, 3.05) is 13.7 Å². The van der Waals surface area contributed by atoms with Crippen LogP contribution in [0.5, 0.6) is 5.75 Å². The predicted octanol–water partition coefficient (Wildman–Crippen LogP) is 1.69. The van der Waals surface area contributed by atoms with Crippen molar-refractivity contribution >= 4 is 5.91 Å². The highest BCUT2D eigenvalue weighted by molar-refractivity contribution is 5.75. The minimum Gasteiger partial charge on any atom is -0.493 e. The molecule has 0 spiro atoms. The molecule has 1 aromatic rings. The summed E-state index contributed by atoms with van der Waals surface area (Å²) in [5.41, 5.74) is 2.45. The van der Waals surface area contributed by atoms with E-state index in [1.54, 1.807) is 19.2 Å². The summed E-state index contributed by atoms with van der Waals surface area (Å²) in [5.74, 6) is 0.710. The lowest BCUT2D eigenvalue weighted by Gasteiger charge is -2.12. The van der Waals surface area contributed by atoms with Gasteiger partial charge in [0.1, 0.15) is 5.75 Å². The van der Waals surface area contributed by atoms with Crippen molar-refractivity contribution in [1.82, 2.24) is 5.32 Å². The zero-order valence-corrected chi connectivity index (χ0v) is 10.3. The molecule has 4 nitrogen and oxygen atoms in total. The minimum absolute atomic E-state index is 0.0473. The first-order valence-corrected chi connectivity index (χ1v) is 5.43. The first kappa shape index (κ1) is 13.0. The number of nitrogens with one attached hydrogen (secondary N) is 1. The molecule has 1 aromatic carbocycles. The summed E-state index contributed by atoms with van der Waals surface area (Å²) in [5, 5.41) is 11.4. The van der Waals surface area contributed by atoms with Gasteiger partial charge in [0.2, 0.25) is 5.91 Å². The normalized spacial score (nSPS) is 9.53. The molecule has 1 N–H and O–H groups in total. The van der Waals surface area contributed by atoms with E-state index in [1.165, 1.54) is 0 Å². The average Bonchev–Trinajstić information content (AvgIpc) is 2.31. The van der Waals surface area contributed by atoms with Crippen molar-refractivity contribution in [3.05, 3.63) is 28.8 Å². The van der Waals surface area contributed by atoms with Gasteiger partial charge in [-0.3, -0.25) is 4.79 Å². The number of aryl methyl sites for hydroxylation is 2. The standard InChI is InChI=1S/C13H16N2O2/c1-9-6-11(8-14)7-10(2)13(9)17-5-4-12(16)15-3/h6-7H,4-5H2,1-3H3,(H,15,16). The Bertz CT molecular complexity index is 438.